The van der Waals surface area contributed by atoms with E-state index in [1.165, 1.54) is 6.42 Å². The zero-order chi connectivity index (χ0) is 14.5. The van der Waals surface area contributed by atoms with Crippen molar-refractivity contribution in [3.63, 3.8) is 0 Å². The van der Waals surface area contributed by atoms with Gasteiger partial charge < -0.3 is 10.2 Å². The third-order valence-electron chi connectivity index (χ3n) is 3.71. The van der Waals surface area contributed by atoms with Crippen molar-refractivity contribution >= 4 is 17.4 Å². The number of nitrogens with zero attached hydrogens (tertiary/aromatic N) is 1. The molecule has 1 amide bonds. The monoisotopic (exact) mass is 274 g/mol. The Hall–Kier alpha value is -1.84. The van der Waals surface area contributed by atoms with Gasteiger partial charge >= 0.3 is 0 Å². The summed E-state index contributed by atoms with van der Waals surface area (Å²) in [6, 6.07) is 7.01. The fraction of sp³-hybridized carbons (Fsp3) is 0.500. The highest BCUT2D eigenvalue weighted by Gasteiger charge is 2.21. The predicted molar refractivity (Wildman–Crippen MR) is 80.0 cm³/mol. The zero-order valence-electron chi connectivity index (χ0n) is 12.2. The van der Waals surface area contributed by atoms with Gasteiger partial charge in [-0.1, -0.05) is 0 Å². The summed E-state index contributed by atoms with van der Waals surface area (Å²) in [6.45, 7) is 5.17. The van der Waals surface area contributed by atoms with Crippen LogP contribution < -0.4 is 5.32 Å². The minimum absolute atomic E-state index is 0.0500. The zero-order valence-corrected chi connectivity index (χ0v) is 12.2. The first-order valence-electron chi connectivity index (χ1n) is 7.24. The molecule has 1 unspecified atom stereocenters. The Kier molecular flexibility index (Phi) is 4.77. The van der Waals surface area contributed by atoms with E-state index in [0.29, 0.717) is 5.56 Å². The number of hydrogen-bond acceptors (Lipinski definition) is 3. The number of likely N-dealkylation sites (tertiary alicyclic amines) is 1. The lowest BCUT2D eigenvalue weighted by atomic mass is 10.1. The number of amides is 1. The van der Waals surface area contributed by atoms with Crippen LogP contribution in [0.15, 0.2) is 24.3 Å². The molecule has 1 aromatic carbocycles. The first-order valence-corrected chi connectivity index (χ1v) is 7.24. The molecule has 0 spiro atoms. The maximum atomic E-state index is 12.3. The van der Waals surface area contributed by atoms with E-state index in [2.05, 4.69) is 5.32 Å². The molecule has 1 atom stereocenters. The second kappa shape index (κ2) is 6.55. The van der Waals surface area contributed by atoms with Gasteiger partial charge in [-0.25, -0.2) is 0 Å². The van der Waals surface area contributed by atoms with Gasteiger partial charge in [-0.15, -0.1) is 0 Å². The number of Topliss-reactive ketones (excluding diaryl/α,β-unsaturated/α-hetero) is 1. The molecule has 1 saturated heterocycles. The average Bonchev–Trinajstić information content (AvgIpc) is 2.48. The smallest absolute Gasteiger partial charge is 0.244 e. The Morgan fingerprint density at radius 2 is 1.70 bits per heavy atom. The molecule has 2 rings (SSSR count). The Morgan fingerprint density at radius 1 is 1.10 bits per heavy atom. The lowest BCUT2D eigenvalue weighted by Crippen LogP contribution is -2.43. The summed E-state index contributed by atoms with van der Waals surface area (Å²) in [4.78, 5) is 25.4. The van der Waals surface area contributed by atoms with Gasteiger partial charge in [0.1, 0.15) is 6.04 Å². The van der Waals surface area contributed by atoms with Crippen LogP contribution in [-0.4, -0.2) is 35.7 Å². The quantitative estimate of drug-likeness (QED) is 0.859. The van der Waals surface area contributed by atoms with Gasteiger partial charge in [-0.2, -0.15) is 0 Å². The maximum Gasteiger partial charge on any atom is 0.244 e. The van der Waals surface area contributed by atoms with Crippen LogP contribution in [0.1, 0.15) is 43.5 Å². The second-order valence-electron chi connectivity index (χ2n) is 5.39. The van der Waals surface area contributed by atoms with Gasteiger partial charge in [0.25, 0.3) is 0 Å². The molecule has 0 aromatic heterocycles. The van der Waals surface area contributed by atoms with E-state index in [1.54, 1.807) is 19.1 Å². The first-order chi connectivity index (χ1) is 9.58. The van der Waals surface area contributed by atoms with Crippen molar-refractivity contribution in [2.75, 3.05) is 18.4 Å². The Bertz CT molecular complexity index is 476. The van der Waals surface area contributed by atoms with E-state index < -0.39 is 0 Å². The summed E-state index contributed by atoms with van der Waals surface area (Å²) in [5.41, 5.74) is 1.55. The highest BCUT2D eigenvalue weighted by molar-refractivity contribution is 5.94. The average molecular weight is 274 g/mol. The predicted octanol–water partition coefficient (Wildman–Crippen LogP) is 2.70. The molecular formula is C16H22N2O2. The third-order valence-corrected chi connectivity index (χ3v) is 3.71. The van der Waals surface area contributed by atoms with Crippen LogP contribution in [-0.2, 0) is 4.79 Å². The van der Waals surface area contributed by atoms with Crippen molar-refractivity contribution in [3.05, 3.63) is 29.8 Å². The normalized spacial score (nSPS) is 16.6. The van der Waals surface area contributed by atoms with Crippen LogP contribution in [0.4, 0.5) is 5.69 Å². The van der Waals surface area contributed by atoms with Crippen molar-refractivity contribution in [2.45, 2.75) is 39.2 Å². The minimum atomic E-state index is -0.240. The molecule has 0 aliphatic carbocycles. The summed E-state index contributed by atoms with van der Waals surface area (Å²) in [6.07, 6.45) is 3.43. The van der Waals surface area contributed by atoms with Crippen LogP contribution in [0.2, 0.25) is 0 Å². The van der Waals surface area contributed by atoms with Crippen LogP contribution in [0.25, 0.3) is 0 Å². The van der Waals surface area contributed by atoms with E-state index in [0.717, 1.165) is 31.6 Å². The number of benzene rings is 1. The number of hydrogen-bond donors (Lipinski definition) is 1. The van der Waals surface area contributed by atoms with Crippen molar-refractivity contribution < 1.29 is 9.59 Å². The maximum absolute atomic E-state index is 12.3. The summed E-state index contributed by atoms with van der Waals surface area (Å²) in [5, 5.41) is 3.20. The summed E-state index contributed by atoms with van der Waals surface area (Å²) in [5.74, 6) is 0.203. The molecule has 0 bridgehead atoms. The van der Waals surface area contributed by atoms with Gasteiger partial charge in [0, 0.05) is 24.3 Å². The van der Waals surface area contributed by atoms with Crippen molar-refractivity contribution in [1.82, 2.24) is 4.90 Å². The van der Waals surface area contributed by atoms with Crippen LogP contribution in [0.3, 0.4) is 0 Å². The largest absolute Gasteiger partial charge is 0.374 e. The van der Waals surface area contributed by atoms with Crippen molar-refractivity contribution in [3.8, 4) is 0 Å². The van der Waals surface area contributed by atoms with Crippen molar-refractivity contribution in [1.29, 1.82) is 0 Å². The number of nitrogens with one attached hydrogen (secondary N) is 1. The van der Waals surface area contributed by atoms with Gasteiger partial charge in [-0.3, -0.25) is 9.59 Å². The van der Waals surface area contributed by atoms with E-state index >= 15 is 0 Å². The van der Waals surface area contributed by atoms with Gasteiger partial charge in [0.2, 0.25) is 5.91 Å². The third kappa shape index (κ3) is 3.59. The molecule has 4 heteroatoms. The number of carbonyl (C=O) groups excluding carboxylic acids is 2. The lowest BCUT2D eigenvalue weighted by Gasteiger charge is -2.29. The molecule has 4 nitrogen and oxygen atoms in total. The number of carbonyl (C=O) groups is 2. The molecular weight excluding hydrogens is 252 g/mol. The molecule has 108 valence electrons. The Morgan fingerprint density at radius 3 is 2.25 bits per heavy atom. The van der Waals surface area contributed by atoms with Gasteiger partial charge in [0.05, 0.1) is 0 Å². The van der Waals surface area contributed by atoms with Crippen molar-refractivity contribution in [2.24, 2.45) is 0 Å². The van der Waals surface area contributed by atoms with E-state index in [9.17, 15) is 9.59 Å². The fourth-order valence-corrected chi connectivity index (χ4v) is 2.50. The molecule has 20 heavy (non-hydrogen) atoms. The van der Waals surface area contributed by atoms with Crippen LogP contribution in [0, 0.1) is 0 Å². The highest BCUT2D eigenvalue weighted by atomic mass is 16.2. The molecule has 0 radical (unpaired) electrons. The molecule has 1 aliphatic rings. The van der Waals surface area contributed by atoms with Crippen LogP contribution >= 0.6 is 0 Å². The minimum Gasteiger partial charge on any atom is -0.374 e. The van der Waals surface area contributed by atoms with Gasteiger partial charge in [0.15, 0.2) is 5.78 Å². The highest BCUT2D eigenvalue weighted by Crippen LogP contribution is 2.14. The lowest BCUT2D eigenvalue weighted by molar-refractivity contribution is -0.132. The summed E-state index contributed by atoms with van der Waals surface area (Å²) in [7, 11) is 0. The molecule has 1 aromatic rings. The Balaban J connectivity index is 1.94. The molecule has 0 saturated carbocycles. The van der Waals surface area contributed by atoms with Crippen LogP contribution in [0.5, 0.6) is 0 Å². The number of piperidine rings is 1. The fourth-order valence-electron chi connectivity index (χ4n) is 2.50. The Labute approximate surface area is 120 Å². The molecule has 1 aliphatic heterocycles. The first kappa shape index (κ1) is 14.6. The number of anilines is 1. The summed E-state index contributed by atoms with van der Waals surface area (Å²) < 4.78 is 0. The van der Waals surface area contributed by atoms with E-state index in [1.807, 2.05) is 24.0 Å². The summed E-state index contributed by atoms with van der Waals surface area (Å²) >= 11 is 0. The molecule has 1 fully saturated rings. The van der Waals surface area contributed by atoms with E-state index in [-0.39, 0.29) is 17.7 Å². The number of ketones is 1. The molecule has 1 N–H and O–H groups in total. The number of rotatable bonds is 4. The second-order valence-corrected chi connectivity index (χ2v) is 5.39. The SMILES string of the molecule is CC(=O)c1ccc(NC(C)C(=O)N2CCCCC2)cc1. The van der Waals surface area contributed by atoms with E-state index in [4.69, 9.17) is 0 Å². The molecule has 1 heterocycles. The van der Waals surface area contributed by atoms with Gasteiger partial charge in [-0.05, 0) is 57.4 Å². The standard InChI is InChI=1S/C16H22N2O2/c1-12(16(20)18-10-4-3-5-11-18)17-15-8-6-14(7-9-15)13(2)19/h6-9,12,17H,3-5,10-11H2,1-2H3. The topological polar surface area (TPSA) is 49.4 Å².